The van der Waals surface area contributed by atoms with Crippen molar-refractivity contribution in [2.24, 2.45) is 0 Å². The van der Waals surface area contributed by atoms with E-state index in [1.807, 2.05) is 25.7 Å². The third-order valence-electron chi connectivity index (χ3n) is 3.66. The van der Waals surface area contributed by atoms with Gasteiger partial charge in [0.2, 0.25) is 0 Å². The first kappa shape index (κ1) is 14.0. The summed E-state index contributed by atoms with van der Waals surface area (Å²) in [6.45, 7) is 8.57. The van der Waals surface area contributed by atoms with Gasteiger partial charge in [-0.2, -0.15) is 0 Å². The zero-order chi connectivity index (χ0) is 14.0. The van der Waals surface area contributed by atoms with Crippen LogP contribution < -0.4 is 0 Å². The summed E-state index contributed by atoms with van der Waals surface area (Å²) in [7, 11) is 0. The van der Waals surface area contributed by atoms with E-state index in [0.717, 1.165) is 16.7 Å². The van der Waals surface area contributed by atoms with Crippen LogP contribution in [0.1, 0.15) is 28.3 Å². The highest BCUT2D eigenvalue weighted by Crippen LogP contribution is 2.29. The fraction of sp³-hybridized carbons (Fsp3) is 0.533. The van der Waals surface area contributed by atoms with Crippen molar-refractivity contribution in [1.29, 1.82) is 0 Å². The molecule has 1 aromatic carbocycles. The Balaban J connectivity index is 2.41. The van der Waals surface area contributed by atoms with Gasteiger partial charge in [0.1, 0.15) is 6.04 Å². The second-order valence-electron chi connectivity index (χ2n) is 5.20. The van der Waals surface area contributed by atoms with Crippen molar-refractivity contribution in [1.82, 2.24) is 4.90 Å². The van der Waals surface area contributed by atoms with Gasteiger partial charge >= 0.3 is 5.97 Å². The molecule has 0 amide bonds. The van der Waals surface area contributed by atoms with Crippen LogP contribution in [-0.4, -0.2) is 42.3 Å². The zero-order valence-electron chi connectivity index (χ0n) is 11.8. The maximum absolute atomic E-state index is 11.7. The molecule has 1 aromatic rings. The van der Waals surface area contributed by atoms with E-state index in [-0.39, 0.29) is 0 Å². The van der Waals surface area contributed by atoms with Gasteiger partial charge in [-0.1, -0.05) is 17.7 Å². The summed E-state index contributed by atoms with van der Waals surface area (Å²) in [6.07, 6.45) is 0. The molecule has 1 saturated heterocycles. The van der Waals surface area contributed by atoms with E-state index in [2.05, 4.69) is 12.1 Å². The van der Waals surface area contributed by atoms with Crippen molar-refractivity contribution in [2.75, 3.05) is 26.3 Å². The summed E-state index contributed by atoms with van der Waals surface area (Å²) in [5.74, 6) is -0.781. The van der Waals surface area contributed by atoms with Crippen LogP contribution >= 0.6 is 0 Å². The second-order valence-corrected chi connectivity index (χ2v) is 5.20. The topological polar surface area (TPSA) is 49.8 Å². The number of ether oxygens (including phenoxy) is 1. The lowest BCUT2D eigenvalue weighted by molar-refractivity contribution is -0.145. The molecule has 0 saturated carbocycles. The summed E-state index contributed by atoms with van der Waals surface area (Å²) in [5, 5.41) is 9.61. The fourth-order valence-corrected chi connectivity index (χ4v) is 2.92. The van der Waals surface area contributed by atoms with Gasteiger partial charge in [-0.05, 0) is 37.5 Å². The minimum atomic E-state index is -0.781. The highest BCUT2D eigenvalue weighted by Gasteiger charge is 2.31. The number of hydrogen-bond acceptors (Lipinski definition) is 3. The molecule has 1 fully saturated rings. The van der Waals surface area contributed by atoms with Gasteiger partial charge in [-0.3, -0.25) is 9.69 Å². The molecule has 1 unspecified atom stereocenters. The number of morpholine rings is 1. The second kappa shape index (κ2) is 5.72. The molecule has 4 heteroatoms. The van der Waals surface area contributed by atoms with E-state index in [1.54, 1.807) is 0 Å². The molecule has 2 rings (SSSR count). The molecule has 0 spiro atoms. The Kier molecular flexibility index (Phi) is 4.22. The van der Waals surface area contributed by atoms with E-state index in [4.69, 9.17) is 4.74 Å². The third kappa shape index (κ3) is 2.96. The number of carboxylic acid groups (broad SMARTS) is 1. The smallest absolute Gasteiger partial charge is 0.325 e. The van der Waals surface area contributed by atoms with Crippen LogP contribution in [0.2, 0.25) is 0 Å². The average Bonchev–Trinajstić information content (AvgIpc) is 2.34. The lowest BCUT2D eigenvalue weighted by Crippen LogP contribution is -2.42. The molecule has 19 heavy (non-hydrogen) atoms. The van der Waals surface area contributed by atoms with Crippen molar-refractivity contribution in [3.05, 3.63) is 34.4 Å². The summed E-state index contributed by atoms with van der Waals surface area (Å²) < 4.78 is 5.31. The average molecular weight is 263 g/mol. The quantitative estimate of drug-likeness (QED) is 0.907. The van der Waals surface area contributed by atoms with Crippen molar-refractivity contribution in [3.8, 4) is 0 Å². The molecule has 0 aromatic heterocycles. The lowest BCUT2D eigenvalue weighted by Gasteiger charge is -2.33. The molecular weight excluding hydrogens is 242 g/mol. The Hall–Kier alpha value is -1.39. The lowest BCUT2D eigenvalue weighted by atomic mass is 9.93. The predicted molar refractivity (Wildman–Crippen MR) is 73.4 cm³/mol. The Morgan fingerprint density at radius 2 is 1.74 bits per heavy atom. The van der Waals surface area contributed by atoms with E-state index in [9.17, 15) is 9.90 Å². The fourth-order valence-electron chi connectivity index (χ4n) is 2.92. The van der Waals surface area contributed by atoms with E-state index in [0.29, 0.717) is 26.3 Å². The van der Waals surface area contributed by atoms with Gasteiger partial charge in [0, 0.05) is 13.1 Å². The normalized spacial score (nSPS) is 18.3. The Morgan fingerprint density at radius 3 is 2.21 bits per heavy atom. The number of benzene rings is 1. The predicted octanol–water partition coefficient (Wildman–Crippen LogP) is 2.07. The SMILES string of the molecule is Cc1cc(C)c(C(C(=O)O)N2CCOCC2)c(C)c1. The van der Waals surface area contributed by atoms with Crippen molar-refractivity contribution < 1.29 is 14.6 Å². The van der Waals surface area contributed by atoms with Gasteiger partial charge < -0.3 is 9.84 Å². The van der Waals surface area contributed by atoms with Gasteiger partial charge in [-0.15, -0.1) is 0 Å². The van der Waals surface area contributed by atoms with Gasteiger partial charge in [0.05, 0.1) is 13.2 Å². The maximum Gasteiger partial charge on any atom is 0.325 e. The zero-order valence-corrected chi connectivity index (χ0v) is 11.8. The third-order valence-corrected chi connectivity index (χ3v) is 3.66. The molecule has 0 bridgehead atoms. The molecule has 104 valence electrons. The number of aryl methyl sites for hydroxylation is 3. The Morgan fingerprint density at radius 1 is 1.21 bits per heavy atom. The van der Waals surface area contributed by atoms with E-state index in [1.165, 1.54) is 5.56 Å². The van der Waals surface area contributed by atoms with Crippen LogP contribution in [0.5, 0.6) is 0 Å². The van der Waals surface area contributed by atoms with Crippen molar-refractivity contribution in [3.63, 3.8) is 0 Å². The Bertz CT molecular complexity index is 455. The van der Waals surface area contributed by atoms with Crippen molar-refractivity contribution in [2.45, 2.75) is 26.8 Å². The molecule has 1 aliphatic heterocycles. The first-order valence-electron chi connectivity index (χ1n) is 6.63. The molecule has 1 aliphatic rings. The molecule has 4 nitrogen and oxygen atoms in total. The van der Waals surface area contributed by atoms with Gasteiger partial charge in [0.15, 0.2) is 0 Å². The minimum Gasteiger partial charge on any atom is -0.480 e. The number of hydrogen-bond donors (Lipinski definition) is 1. The number of carbonyl (C=O) groups is 1. The monoisotopic (exact) mass is 263 g/mol. The molecular formula is C15H21NO3. The summed E-state index contributed by atoms with van der Waals surface area (Å²) in [6, 6.07) is 3.54. The van der Waals surface area contributed by atoms with E-state index >= 15 is 0 Å². The molecule has 0 aliphatic carbocycles. The largest absolute Gasteiger partial charge is 0.480 e. The number of carboxylic acids is 1. The van der Waals surface area contributed by atoms with Crippen LogP contribution in [0, 0.1) is 20.8 Å². The molecule has 1 N–H and O–H groups in total. The molecule has 0 radical (unpaired) electrons. The van der Waals surface area contributed by atoms with Crippen LogP contribution in [-0.2, 0) is 9.53 Å². The summed E-state index contributed by atoms with van der Waals surface area (Å²) >= 11 is 0. The summed E-state index contributed by atoms with van der Waals surface area (Å²) in [5.41, 5.74) is 4.21. The highest BCUT2D eigenvalue weighted by atomic mass is 16.5. The number of nitrogens with zero attached hydrogens (tertiary/aromatic N) is 1. The minimum absolute atomic E-state index is 0.565. The highest BCUT2D eigenvalue weighted by molar-refractivity contribution is 5.77. The first-order valence-corrected chi connectivity index (χ1v) is 6.63. The molecule has 1 atom stereocenters. The first-order chi connectivity index (χ1) is 9.00. The van der Waals surface area contributed by atoms with Crippen LogP contribution in [0.4, 0.5) is 0 Å². The molecule has 1 heterocycles. The van der Waals surface area contributed by atoms with Crippen molar-refractivity contribution >= 4 is 5.97 Å². The number of aliphatic carboxylic acids is 1. The maximum atomic E-state index is 11.7. The summed E-state index contributed by atoms with van der Waals surface area (Å²) in [4.78, 5) is 13.7. The van der Waals surface area contributed by atoms with Gasteiger partial charge in [-0.25, -0.2) is 0 Å². The Labute approximate surface area is 114 Å². The standard InChI is InChI=1S/C15H21NO3/c1-10-8-11(2)13(12(3)9-10)14(15(17)18)16-4-6-19-7-5-16/h8-9,14H,4-7H2,1-3H3,(H,17,18). The van der Waals surface area contributed by atoms with Crippen LogP contribution in [0.25, 0.3) is 0 Å². The van der Waals surface area contributed by atoms with E-state index < -0.39 is 12.0 Å². The van der Waals surface area contributed by atoms with Crippen LogP contribution in [0.3, 0.4) is 0 Å². The number of rotatable bonds is 3. The van der Waals surface area contributed by atoms with Gasteiger partial charge in [0.25, 0.3) is 0 Å². The van der Waals surface area contributed by atoms with Crippen LogP contribution in [0.15, 0.2) is 12.1 Å².